The molecule has 2 rings (SSSR count). The Morgan fingerprint density at radius 3 is 2.71 bits per heavy atom. The fourth-order valence-electron chi connectivity index (χ4n) is 2.49. The van der Waals surface area contributed by atoms with Crippen molar-refractivity contribution in [2.75, 3.05) is 13.7 Å². The first-order valence-corrected chi connectivity index (χ1v) is 7.81. The Labute approximate surface area is 139 Å². The van der Waals surface area contributed by atoms with E-state index in [0.717, 1.165) is 19.3 Å². The van der Waals surface area contributed by atoms with Crippen molar-refractivity contribution >= 4 is 5.97 Å². The van der Waals surface area contributed by atoms with E-state index in [1.54, 1.807) is 37.4 Å². The lowest BCUT2D eigenvalue weighted by molar-refractivity contribution is -0.137. The number of hydrogen-bond acceptors (Lipinski definition) is 5. The second-order valence-corrected chi connectivity index (χ2v) is 5.58. The molecule has 0 spiro atoms. The van der Waals surface area contributed by atoms with E-state index in [1.807, 2.05) is 0 Å². The van der Waals surface area contributed by atoms with Crippen molar-refractivity contribution in [2.45, 2.75) is 32.2 Å². The van der Waals surface area contributed by atoms with Gasteiger partial charge in [-0.2, -0.15) is 5.10 Å². The Morgan fingerprint density at radius 2 is 2.08 bits per heavy atom. The molecule has 24 heavy (non-hydrogen) atoms. The number of rotatable bonds is 9. The van der Waals surface area contributed by atoms with E-state index in [1.165, 1.54) is 4.57 Å². The van der Waals surface area contributed by atoms with Gasteiger partial charge in [0.2, 0.25) is 0 Å². The van der Waals surface area contributed by atoms with Gasteiger partial charge in [-0.3, -0.25) is 23.8 Å². The molecule has 0 saturated carbocycles. The normalized spacial score (nSPS) is 10.9. The largest absolute Gasteiger partial charge is 0.480 e. The van der Waals surface area contributed by atoms with Crippen LogP contribution in [-0.4, -0.2) is 44.1 Å². The lowest BCUT2D eigenvalue weighted by Crippen LogP contribution is -2.29. The summed E-state index contributed by atoms with van der Waals surface area (Å²) in [5.74, 6) is -1.07. The number of ether oxygens (including phenoxy) is 1. The molecule has 0 bridgehead atoms. The fourth-order valence-corrected chi connectivity index (χ4v) is 2.49. The van der Waals surface area contributed by atoms with Crippen LogP contribution in [0.25, 0.3) is 11.3 Å². The number of aryl methyl sites for hydroxylation is 2. The highest BCUT2D eigenvalue weighted by Crippen LogP contribution is 2.16. The van der Waals surface area contributed by atoms with Gasteiger partial charge in [-0.1, -0.05) is 6.42 Å². The first kappa shape index (κ1) is 17.9. The van der Waals surface area contributed by atoms with Gasteiger partial charge in [0.15, 0.2) is 0 Å². The Balaban J connectivity index is 2.26. The Hall–Kier alpha value is -2.48. The van der Waals surface area contributed by atoms with Crippen molar-refractivity contribution < 1.29 is 14.6 Å². The SMILES string of the molecule is COCCCCCc1ncc(-c2cnn(C)c2)n(CC(=O)O)c1=O. The Bertz CT molecular complexity index is 751. The van der Waals surface area contributed by atoms with Crippen LogP contribution in [0.15, 0.2) is 23.4 Å². The predicted octanol–water partition coefficient (Wildman–Crippen LogP) is 1.09. The van der Waals surface area contributed by atoms with Crippen molar-refractivity contribution in [3.05, 3.63) is 34.6 Å². The van der Waals surface area contributed by atoms with Gasteiger partial charge in [-0.15, -0.1) is 0 Å². The molecule has 0 aliphatic rings. The van der Waals surface area contributed by atoms with E-state index in [-0.39, 0.29) is 5.56 Å². The molecule has 130 valence electrons. The lowest BCUT2D eigenvalue weighted by atomic mass is 10.1. The quantitative estimate of drug-likeness (QED) is 0.689. The number of carboxylic acid groups (broad SMARTS) is 1. The third kappa shape index (κ3) is 4.51. The van der Waals surface area contributed by atoms with Crippen molar-refractivity contribution in [1.29, 1.82) is 0 Å². The molecule has 8 heteroatoms. The Morgan fingerprint density at radius 1 is 1.29 bits per heavy atom. The number of carbonyl (C=O) groups is 1. The molecule has 1 N–H and O–H groups in total. The van der Waals surface area contributed by atoms with E-state index in [0.29, 0.717) is 30.0 Å². The molecule has 0 radical (unpaired) electrons. The van der Waals surface area contributed by atoms with Crippen LogP contribution in [0.2, 0.25) is 0 Å². The van der Waals surface area contributed by atoms with Gasteiger partial charge in [-0.05, 0) is 19.3 Å². The number of nitrogens with zero attached hydrogens (tertiary/aromatic N) is 4. The molecule has 0 aliphatic heterocycles. The van der Waals surface area contributed by atoms with Gasteiger partial charge in [0.05, 0.1) is 18.1 Å². The molecule has 2 aromatic heterocycles. The van der Waals surface area contributed by atoms with Gasteiger partial charge in [0, 0.05) is 32.5 Å². The van der Waals surface area contributed by atoms with Crippen molar-refractivity contribution in [3.8, 4) is 11.3 Å². The van der Waals surface area contributed by atoms with Crippen LogP contribution in [0.3, 0.4) is 0 Å². The van der Waals surface area contributed by atoms with E-state index in [2.05, 4.69) is 10.1 Å². The van der Waals surface area contributed by atoms with Crippen LogP contribution < -0.4 is 5.56 Å². The molecule has 8 nitrogen and oxygen atoms in total. The topological polar surface area (TPSA) is 99.2 Å². The number of aromatic nitrogens is 4. The van der Waals surface area contributed by atoms with Crippen LogP contribution in [0.5, 0.6) is 0 Å². The molecule has 0 unspecified atom stereocenters. The maximum atomic E-state index is 12.6. The van der Waals surface area contributed by atoms with Crippen molar-refractivity contribution in [1.82, 2.24) is 19.3 Å². The molecule has 2 aromatic rings. The maximum Gasteiger partial charge on any atom is 0.323 e. The molecule has 2 heterocycles. The average Bonchev–Trinajstić information content (AvgIpc) is 2.96. The summed E-state index contributed by atoms with van der Waals surface area (Å²) in [5, 5.41) is 13.2. The van der Waals surface area contributed by atoms with E-state index in [9.17, 15) is 9.59 Å². The average molecular weight is 334 g/mol. The molecule has 0 fully saturated rings. The van der Waals surface area contributed by atoms with Gasteiger partial charge in [0.1, 0.15) is 12.2 Å². The predicted molar refractivity (Wildman–Crippen MR) is 87.8 cm³/mol. The standard InChI is InChI=1S/C16H22N4O4/c1-19-10-12(8-18-19)14-9-17-13(6-4-3-5-7-24-2)16(23)20(14)11-15(21)22/h8-10H,3-7,11H2,1-2H3,(H,21,22). The number of aliphatic carboxylic acids is 1. The molecule has 0 atom stereocenters. The summed E-state index contributed by atoms with van der Waals surface area (Å²) in [7, 11) is 3.41. The van der Waals surface area contributed by atoms with E-state index < -0.39 is 12.5 Å². The van der Waals surface area contributed by atoms with Gasteiger partial charge in [-0.25, -0.2) is 0 Å². The van der Waals surface area contributed by atoms with Crippen molar-refractivity contribution in [3.63, 3.8) is 0 Å². The van der Waals surface area contributed by atoms with Crippen LogP contribution in [-0.2, 0) is 29.5 Å². The van der Waals surface area contributed by atoms with E-state index >= 15 is 0 Å². The number of hydrogen-bond donors (Lipinski definition) is 1. The summed E-state index contributed by atoms with van der Waals surface area (Å²) in [6.07, 6.45) is 8.04. The minimum atomic E-state index is -1.07. The number of carboxylic acids is 1. The van der Waals surface area contributed by atoms with Crippen molar-refractivity contribution in [2.24, 2.45) is 7.05 Å². The fraction of sp³-hybridized carbons (Fsp3) is 0.500. The number of unbranched alkanes of at least 4 members (excludes halogenated alkanes) is 2. The third-order valence-electron chi connectivity index (χ3n) is 3.68. The maximum absolute atomic E-state index is 12.6. The highest BCUT2D eigenvalue weighted by atomic mass is 16.5. The smallest absolute Gasteiger partial charge is 0.323 e. The molecule has 0 aromatic carbocycles. The van der Waals surface area contributed by atoms with Crippen LogP contribution >= 0.6 is 0 Å². The summed E-state index contributed by atoms with van der Waals surface area (Å²) in [5.41, 5.74) is 1.15. The van der Waals surface area contributed by atoms with Gasteiger partial charge >= 0.3 is 5.97 Å². The third-order valence-corrected chi connectivity index (χ3v) is 3.68. The highest BCUT2D eigenvalue weighted by molar-refractivity contribution is 5.68. The second-order valence-electron chi connectivity index (χ2n) is 5.58. The van der Waals surface area contributed by atoms with Crippen LogP contribution in [0.1, 0.15) is 25.0 Å². The summed E-state index contributed by atoms with van der Waals surface area (Å²) < 4.78 is 7.83. The summed E-state index contributed by atoms with van der Waals surface area (Å²) >= 11 is 0. The minimum Gasteiger partial charge on any atom is -0.480 e. The Kier molecular flexibility index (Phi) is 6.25. The van der Waals surface area contributed by atoms with E-state index in [4.69, 9.17) is 9.84 Å². The first-order chi connectivity index (χ1) is 11.5. The molecular formula is C16H22N4O4. The summed E-state index contributed by atoms with van der Waals surface area (Å²) in [4.78, 5) is 28.0. The molecule has 0 aliphatic carbocycles. The second kappa shape index (κ2) is 8.39. The zero-order valence-electron chi connectivity index (χ0n) is 13.9. The lowest BCUT2D eigenvalue weighted by Gasteiger charge is -2.11. The molecule has 0 saturated heterocycles. The minimum absolute atomic E-state index is 0.356. The molecular weight excluding hydrogens is 312 g/mol. The summed E-state index contributed by atoms with van der Waals surface area (Å²) in [6, 6.07) is 0. The van der Waals surface area contributed by atoms with Crippen LogP contribution in [0, 0.1) is 0 Å². The van der Waals surface area contributed by atoms with Gasteiger partial charge in [0.25, 0.3) is 5.56 Å². The van der Waals surface area contributed by atoms with Gasteiger partial charge < -0.3 is 9.84 Å². The van der Waals surface area contributed by atoms with Crippen LogP contribution in [0.4, 0.5) is 0 Å². The molecule has 0 amide bonds. The number of methoxy groups -OCH3 is 1. The first-order valence-electron chi connectivity index (χ1n) is 7.81. The summed E-state index contributed by atoms with van der Waals surface area (Å²) in [6.45, 7) is 0.291. The monoisotopic (exact) mass is 334 g/mol. The highest BCUT2D eigenvalue weighted by Gasteiger charge is 2.15. The zero-order chi connectivity index (χ0) is 17.5. The zero-order valence-corrected chi connectivity index (χ0v) is 13.9.